The third-order valence-corrected chi connectivity index (χ3v) is 2.90. The summed E-state index contributed by atoms with van der Waals surface area (Å²) in [5.74, 6) is 1.02. The summed E-state index contributed by atoms with van der Waals surface area (Å²) in [6, 6.07) is 0.720. The summed E-state index contributed by atoms with van der Waals surface area (Å²) in [6.45, 7) is 2.29. The highest BCUT2D eigenvalue weighted by molar-refractivity contribution is 8.93. The summed E-state index contributed by atoms with van der Waals surface area (Å²) < 4.78 is 0. The average molecular weight is 236 g/mol. The van der Waals surface area contributed by atoms with Gasteiger partial charge in [-0.05, 0) is 26.3 Å². The molecule has 0 radical (unpaired) electrons. The van der Waals surface area contributed by atoms with E-state index in [1.54, 1.807) is 0 Å². The molecule has 0 aromatic heterocycles. The molecule has 0 aliphatic heterocycles. The maximum atomic E-state index is 3.31. The summed E-state index contributed by atoms with van der Waals surface area (Å²) in [5.41, 5.74) is 0. The lowest BCUT2D eigenvalue weighted by Crippen LogP contribution is -2.25. The quantitative estimate of drug-likeness (QED) is 0.793. The first-order valence-electron chi connectivity index (χ1n) is 5.00. The second-order valence-corrected chi connectivity index (χ2v) is 3.93. The average Bonchev–Trinajstić information content (AvgIpc) is 2.06. The zero-order chi connectivity index (χ0) is 8.10. The van der Waals surface area contributed by atoms with Crippen molar-refractivity contribution in [2.24, 2.45) is 5.92 Å². The molecule has 1 rings (SSSR count). The van der Waals surface area contributed by atoms with Crippen molar-refractivity contribution >= 4 is 17.0 Å². The molecule has 1 aliphatic rings. The largest absolute Gasteiger partial charge is 0.317 e. The van der Waals surface area contributed by atoms with Crippen LogP contribution in [0.3, 0.4) is 0 Å². The van der Waals surface area contributed by atoms with Crippen molar-refractivity contribution in [3.8, 4) is 0 Å². The number of rotatable bonds is 3. The fourth-order valence-electron chi connectivity index (χ4n) is 2.04. The molecule has 12 heavy (non-hydrogen) atoms. The van der Waals surface area contributed by atoms with E-state index in [0.717, 1.165) is 12.0 Å². The van der Waals surface area contributed by atoms with Gasteiger partial charge in [-0.15, -0.1) is 17.0 Å². The van der Waals surface area contributed by atoms with Gasteiger partial charge in [0.1, 0.15) is 0 Å². The summed E-state index contributed by atoms with van der Waals surface area (Å²) in [4.78, 5) is 0. The molecule has 0 saturated heterocycles. The predicted octanol–water partition coefficient (Wildman–Crippen LogP) is 3.14. The molecule has 1 fully saturated rings. The SMILES string of the molecule is Br.CNC(C)CC1CCCCC1. The Morgan fingerprint density at radius 3 is 2.33 bits per heavy atom. The van der Waals surface area contributed by atoms with Gasteiger partial charge in [-0.25, -0.2) is 0 Å². The third kappa shape index (κ3) is 4.46. The highest BCUT2D eigenvalue weighted by atomic mass is 79.9. The molecule has 1 saturated carbocycles. The van der Waals surface area contributed by atoms with Gasteiger partial charge in [0.05, 0.1) is 0 Å². The molecule has 0 amide bonds. The van der Waals surface area contributed by atoms with Gasteiger partial charge in [0, 0.05) is 6.04 Å². The minimum Gasteiger partial charge on any atom is -0.317 e. The van der Waals surface area contributed by atoms with Crippen LogP contribution in [-0.2, 0) is 0 Å². The monoisotopic (exact) mass is 235 g/mol. The number of halogens is 1. The number of hydrogen-bond donors (Lipinski definition) is 1. The highest BCUT2D eigenvalue weighted by Crippen LogP contribution is 2.26. The van der Waals surface area contributed by atoms with Crippen molar-refractivity contribution in [1.29, 1.82) is 0 Å². The second-order valence-electron chi connectivity index (χ2n) is 3.93. The lowest BCUT2D eigenvalue weighted by Gasteiger charge is -2.24. The van der Waals surface area contributed by atoms with Crippen LogP contribution in [0.5, 0.6) is 0 Å². The van der Waals surface area contributed by atoms with Crippen LogP contribution in [0, 0.1) is 5.92 Å². The molecule has 1 aliphatic carbocycles. The van der Waals surface area contributed by atoms with Crippen molar-refractivity contribution in [2.45, 2.75) is 51.5 Å². The van der Waals surface area contributed by atoms with E-state index in [1.165, 1.54) is 38.5 Å². The van der Waals surface area contributed by atoms with E-state index < -0.39 is 0 Å². The predicted molar refractivity (Wildman–Crippen MR) is 60.0 cm³/mol. The smallest absolute Gasteiger partial charge is 0.00383 e. The van der Waals surface area contributed by atoms with Crippen LogP contribution in [0.2, 0.25) is 0 Å². The Hall–Kier alpha value is 0.440. The summed E-state index contributed by atoms with van der Waals surface area (Å²) in [7, 11) is 2.06. The Labute approximate surface area is 87.1 Å². The minimum atomic E-state index is 0. The molecule has 0 heterocycles. The molecular weight excluding hydrogens is 214 g/mol. The topological polar surface area (TPSA) is 12.0 Å². The first kappa shape index (κ1) is 12.4. The third-order valence-electron chi connectivity index (χ3n) is 2.90. The normalized spacial score (nSPS) is 21.5. The van der Waals surface area contributed by atoms with Crippen LogP contribution >= 0.6 is 17.0 Å². The van der Waals surface area contributed by atoms with Crippen LogP contribution in [0.1, 0.15) is 45.4 Å². The van der Waals surface area contributed by atoms with E-state index in [2.05, 4.69) is 19.3 Å². The van der Waals surface area contributed by atoms with Gasteiger partial charge in [0.25, 0.3) is 0 Å². The molecular formula is C10H22BrN. The molecule has 74 valence electrons. The van der Waals surface area contributed by atoms with Crippen molar-refractivity contribution in [3.63, 3.8) is 0 Å². The molecule has 1 N–H and O–H groups in total. The van der Waals surface area contributed by atoms with Crippen molar-refractivity contribution in [3.05, 3.63) is 0 Å². The fraction of sp³-hybridized carbons (Fsp3) is 1.00. The van der Waals surface area contributed by atoms with Gasteiger partial charge in [-0.2, -0.15) is 0 Å². The first-order chi connectivity index (χ1) is 5.33. The van der Waals surface area contributed by atoms with E-state index in [0.29, 0.717) is 0 Å². The van der Waals surface area contributed by atoms with Gasteiger partial charge in [0.2, 0.25) is 0 Å². The van der Waals surface area contributed by atoms with Crippen LogP contribution in [0.4, 0.5) is 0 Å². The Morgan fingerprint density at radius 2 is 1.83 bits per heavy atom. The molecule has 1 nitrogen and oxygen atoms in total. The highest BCUT2D eigenvalue weighted by Gasteiger charge is 2.14. The van der Waals surface area contributed by atoms with E-state index in [1.807, 2.05) is 0 Å². The maximum absolute atomic E-state index is 3.31. The maximum Gasteiger partial charge on any atom is 0.00383 e. The van der Waals surface area contributed by atoms with Crippen LogP contribution in [0.25, 0.3) is 0 Å². The molecule has 0 aromatic carbocycles. The van der Waals surface area contributed by atoms with E-state index >= 15 is 0 Å². The molecule has 1 atom stereocenters. The van der Waals surface area contributed by atoms with Crippen molar-refractivity contribution in [2.75, 3.05) is 7.05 Å². The molecule has 2 heteroatoms. The summed E-state index contributed by atoms with van der Waals surface area (Å²) in [5, 5.41) is 3.31. The van der Waals surface area contributed by atoms with Gasteiger partial charge < -0.3 is 5.32 Å². The van der Waals surface area contributed by atoms with Crippen molar-refractivity contribution in [1.82, 2.24) is 5.32 Å². The molecule has 0 aromatic rings. The van der Waals surface area contributed by atoms with Gasteiger partial charge in [-0.3, -0.25) is 0 Å². The Bertz CT molecular complexity index is 100. The minimum absolute atomic E-state index is 0. The van der Waals surface area contributed by atoms with Crippen LogP contribution in [-0.4, -0.2) is 13.1 Å². The van der Waals surface area contributed by atoms with Crippen molar-refractivity contribution < 1.29 is 0 Å². The molecule has 0 spiro atoms. The van der Waals surface area contributed by atoms with Gasteiger partial charge in [0.15, 0.2) is 0 Å². The molecule has 1 unspecified atom stereocenters. The van der Waals surface area contributed by atoms with Gasteiger partial charge >= 0.3 is 0 Å². The number of nitrogens with one attached hydrogen (secondary N) is 1. The van der Waals surface area contributed by atoms with Crippen LogP contribution < -0.4 is 5.32 Å². The van der Waals surface area contributed by atoms with E-state index in [9.17, 15) is 0 Å². The van der Waals surface area contributed by atoms with E-state index in [4.69, 9.17) is 0 Å². The van der Waals surface area contributed by atoms with Crippen LogP contribution in [0.15, 0.2) is 0 Å². The van der Waals surface area contributed by atoms with Gasteiger partial charge in [-0.1, -0.05) is 32.1 Å². The zero-order valence-electron chi connectivity index (χ0n) is 8.31. The summed E-state index contributed by atoms with van der Waals surface area (Å²) >= 11 is 0. The Morgan fingerprint density at radius 1 is 1.25 bits per heavy atom. The Balaban J connectivity index is 0.00000121. The number of hydrogen-bond acceptors (Lipinski definition) is 1. The molecule has 0 bridgehead atoms. The fourth-order valence-corrected chi connectivity index (χ4v) is 2.04. The standard InChI is InChI=1S/C10H21N.BrH/c1-9(11-2)8-10-6-4-3-5-7-10;/h9-11H,3-8H2,1-2H3;1H. The second kappa shape index (κ2) is 6.90. The zero-order valence-corrected chi connectivity index (χ0v) is 10.0. The Kier molecular flexibility index (Phi) is 7.16. The first-order valence-corrected chi connectivity index (χ1v) is 5.00. The van der Waals surface area contributed by atoms with E-state index in [-0.39, 0.29) is 17.0 Å². The lowest BCUT2D eigenvalue weighted by atomic mass is 9.85. The summed E-state index contributed by atoms with van der Waals surface area (Å²) in [6.07, 6.45) is 8.77. The lowest BCUT2D eigenvalue weighted by molar-refractivity contribution is 0.311.